The number of phenols is 1. The lowest BCUT2D eigenvalue weighted by Crippen LogP contribution is -3.00. The third-order valence-electron chi connectivity index (χ3n) is 5.07. The number of ether oxygens (including phenoxy) is 3. The van der Waals surface area contributed by atoms with Crippen molar-refractivity contribution in [3.63, 3.8) is 0 Å². The minimum absolute atomic E-state index is 0. The van der Waals surface area contributed by atoms with Gasteiger partial charge in [-0.2, -0.15) is 4.40 Å². The Labute approximate surface area is 166 Å². The van der Waals surface area contributed by atoms with Crippen molar-refractivity contribution in [2.75, 3.05) is 20.3 Å². The molecule has 27 heavy (non-hydrogen) atoms. The summed E-state index contributed by atoms with van der Waals surface area (Å²) >= 11 is 0. The summed E-state index contributed by atoms with van der Waals surface area (Å²) in [5.41, 5.74) is 2.12. The van der Waals surface area contributed by atoms with Gasteiger partial charge >= 0.3 is 0 Å². The minimum Gasteiger partial charge on any atom is -1.00 e. The fourth-order valence-electron chi connectivity index (χ4n) is 3.75. The number of hydrogen-bond acceptors (Lipinski definition) is 4. The number of aryl methyl sites for hydroxylation is 1. The molecule has 1 aliphatic rings. The van der Waals surface area contributed by atoms with Crippen LogP contribution in [0.5, 0.6) is 23.0 Å². The Hall–Kier alpha value is -2.73. The van der Waals surface area contributed by atoms with Gasteiger partial charge in [0.25, 0.3) is 0 Å². The summed E-state index contributed by atoms with van der Waals surface area (Å²) in [5, 5.41) is 14.4. The van der Waals surface area contributed by atoms with Gasteiger partial charge in [-0.05, 0) is 30.5 Å². The van der Waals surface area contributed by atoms with Crippen LogP contribution in [0.3, 0.4) is 0 Å². The molecule has 138 valence electrons. The maximum atomic E-state index is 10.4. The van der Waals surface area contributed by atoms with Crippen LogP contribution in [0.2, 0.25) is 0 Å². The fourth-order valence-corrected chi connectivity index (χ4v) is 3.75. The summed E-state index contributed by atoms with van der Waals surface area (Å²) in [7, 11) is 1.55. The Morgan fingerprint density at radius 1 is 1.04 bits per heavy atom. The van der Waals surface area contributed by atoms with Crippen molar-refractivity contribution < 1.29 is 40.7 Å². The Morgan fingerprint density at radius 2 is 1.85 bits per heavy atom. The Kier molecular flexibility index (Phi) is 4.23. The number of pyridine rings is 2. The molecule has 1 aliphatic heterocycles. The van der Waals surface area contributed by atoms with E-state index in [-0.39, 0.29) is 22.7 Å². The molecule has 0 saturated carbocycles. The molecule has 5 nitrogen and oxygen atoms in total. The lowest BCUT2D eigenvalue weighted by Gasteiger charge is -2.21. The Bertz CT molecular complexity index is 1210. The van der Waals surface area contributed by atoms with E-state index in [0.29, 0.717) is 19.0 Å². The fraction of sp³-hybridized carbons (Fsp3) is 0.190. The molecule has 2 aromatic carbocycles. The molecule has 6 heteroatoms. The highest BCUT2D eigenvalue weighted by Crippen LogP contribution is 2.40. The van der Waals surface area contributed by atoms with E-state index in [4.69, 9.17) is 14.2 Å². The molecule has 0 fully saturated rings. The Balaban J connectivity index is 0.00000180. The number of hydrogen-bond donors (Lipinski definition) is 1. The van der Waals surface area contributed by atoms with Crippen molar-refractivity contribution in [3.05, 3.63) is 48.3 Å². The van der Waals surface area contributed by atoms with Gasteiger partial charge in [-0.1, -0.05) is 0 Å². The number of methoxy groups -OCH3 is 1. The predicted molar refractivity (Wildman–Crippen MR) is 98.6 cm³/mol. The van der Waals surface area contributed by atoms with Gasteiger partial charge < -0.3 is 36.3 Å². The zero-order chi connectivity index (χ0) is 17.8. The van der Waals surface area contributed by atoms with E-state index in [1.54, 1.807) is 13.2 Å². The number of nitrogens with zero attached hydrogens (tertiary/aromatic N) is 1. The molecule has 0 bridgehead atoms. The normalized spacial score (nSPS) is 13.0. The minimum atomic E-state index is 0. The highest BCUT2D eigenvalue weighted by molar-refractivity contribution is 6.01. The van der Waals surface area contributed by atoms with Gasteiger partial charge in [-0.25, -0.2) is 0 Å². The third kappa shape index (κ3) is 2.55. The smallest absolute Gasteiger partial charge is 0.219 e. The SMILES string of the molecule is COc1ccc2cc3c4cc5c(c(C)c4cc[n+]3cc2c1O)OCCO5.[Br-]. The number of halogens is 1. The molecule has 0 spiro atoms. The molecule has 0 aliphatic carbocycles. The molecule has 0 unspecified atom stereocenters. The van der Waals surface area contributed by atoms with Crippen molar-refractivity contribution in [3.8, 4) is 23.0 Å². The van der Waals surface area contributed by atoms with Crippen LogP contribution in [-0.4, -0.2) is 25.4 Å². The first kappa shape index (κ1) is 17.7. The first-order chi connectivity index (χ1) is 12.7. The second-order valence-electron chi connectivity index (χ2n) is 6.49. The van der Waals surface area contributed by atoms with Gasteiger partial charge in [-0.15, -0.1) is 0 Å². The molecule has 2 aromatic heterocycles. The van der Waals surface area contributed by atoms with E-state index >= 15 is 0 Å². The monoisotopic (exact) mass is 427 g/mol. The summed E-state index contributed by atoms with van der Waals surface area (Å²) in [6.45, 7) is 3.20. The molecule has 5 rings (SSSR count). The van der Waals surface area contributed by atoms with Gasteiger partial charge in [0.2, 0.25) is 5.52 Å². The van der Waals surface area contributed by atoms with Crippen molar-refractivity contribution in [1.82, 2.24) is 0 Å². The topological polar surface area (TPSA) is 52.0 Å². The van der Waals surface area contributed by atoms with E-state index < -0.39 is 0 Å². The van der Waals surface area contributed by atoms with E-state index in [2.05, 4.69) is 19.1 Å². The van der Waals surface area contributed by atoms with Crippen LogP contribution >= 0.6 is 0 Å². The van der Waals surface area contributed by atoms with E-state index in [9.17, 15) is 5.11 Å². The van der Waals surface area contributed by atoms with E-state index in [1.807, 2.05) is 28.9 Å². The number of fused-ring (bicyclic) bond motifs is 5. The highest BCUT2D eigenvalue weighted by atomic mass is 79.9. The van der Waals surface area contributed by atoms with Crippen LogP contribution in [0, 0.1) is 6.92 Å². The molecule has 0 amide bonds. The molecule has 0 radical (unpaired) electrons. The van der Waals surface area contributed by atoms with Gasteiger partial charge in [0, 0.05) is 23.1 Å². The number of phenolic OH excluding ortho intramolecular Hbond substituents is 1. The predicted octanol–water partition coefficient (Wildman–Crippen LogP) is 0.530. The number of aromatic hydroxyl groups is 1. The lowest BCUT2D eigenvalue weighted by molar-refractivity contribution is -0.509. The molecule has 0 saturated heterocycles. The van der Waals surface area contributed by atoms with Crippen LogP contribution in [0.1, 0.15) is 5.56 Å². The summed E-state index contributed by atoms with van der Waals surface area (Å²) in [6.07, 6.45) is 3.92. The van der Waals surface area contributed by atoms with E-state index in [0.717, 1.165) is 44.1 Å². The van der Waals surface area contributed by atoms with Gasteiger partial charge in [0.05, 0.1) is 17.9 Å². The van der Waals surface area contributed by atoms with Crippen molar-refractivity contribution >= 4 is 27.1 Å². The summed E-state index contributed by atoms with van der Waals surface area (Å²) in [4.78, 5) is 0. The van der Waals surface area contributed by atoms with Crippen LogP contribution in [0.4, 0.5) is 0 Å². The third-order valence-corrected chi connectivity index (χ3v) is 5.07. The van der Waals surface area contributed by atoms with Crippen molar-refractivity contribution in [1.29, 1.82) is 0 Å². The average molecular weight is 428 g/mol. The van der Waals surface area contributed by atoms with Gasteiger partial charge in [0.15, 0.2) is 35.4 Å². The Morgan fingerprint density at radius 3 is 2.67 bits per heavy atom. The number of aromatic nitrogens is 1. The average Bonchev–Trinajstić information content (AvgIpc) is 2.67. The summed E-state index contributed by atoms with van der Waals surface area (Å²) < 4.78 is 18.9. The maximum absolute atomic E-state index is 10.4. The largest absolute Gasteiger partial charge is 1.00 e. The second kappa shape index (κ2) is 6.46. The van der Waals surface area contributed by atoms with Crippen LogP contribution in [0.25, 0.3) is 27.1 Å². The number of rotatable bonds is 1. The first-order valence-corrected chi connectivity index (χ1v) is 8.54. The maximum Gasteiger partial charge on any atom is 0.219 e. The van der Waals surface area contributed by atoms with Gasteiger partial charge in [-0.3, -0.25) is 0 Å². The zero-order valence-corrected chi connectivity index (χ0v) is 16.5. The van der Waals surface area contributed by atoms with Crippen LogP contribution in [-0.2, 0) is 0 Å². The lowest BCUT2D eigenvalue weighted by atomic mass is 10.0. The molecule has 1 N–H and O–H groups in total. The van der Waals surface area contributed by atoms with Crippen molar-refractivity contribution in [2.45, 2.75) is 6.92 Å². The van der Waals surface area contributed by atoms with Crippen molar-refractivity contribution in [2.24, 2.45) is 0 Å². The summed E-state index contributed by atoms with van der Waals surface area (Å²) in [6, 6.07) is 9.92. The molecule has 4 aromatic rings. The number of benzene rings is 2. The molecular weight excluding hydrogens is 410 g/mol. The van der Waals surface area contributed by atoms with Crippen LogP contribution in [0.15, 0.2) is 42.7 Å². The molecule has 0 atom stereocenters. The second-order valence-corrected chi connectivity index (χ2v) is 6.49. The van der Waals surface area contributed by atoms with Crippen LogP contribution < -0.4 is 35.6 Å². The summed E-state index contributed by atoms with van der Waals surface area (Å²) in [5.74, 6) is 2.23. The quantitative estimate of drug-likeness (QED) is 0.273. The van der Waals surface area contributed by atoms with Gasteiger partial charge in [0.1, 0.15) is 13.2 Å². The first-order valence-electron chi connectivity index (χ1n) is 8.54. The van der Waals surface area contributed by atoms with E-state index in [1.165, 1.54) is 0 Å². The highest BCUT2D eigenvalue weighted by Gasteiger charge is 2.21. The molecular formula is C21H18BrNO4. The molecule has 3 heterocycles. The standard InChI is InChI=1S/C21H17NO4.BrH/c1-12-14-5-6-22-11-16-13(3-4-18(24-2)20(16)23)9-17(22)15(14)10-19-21(12)26-8-7-25-19;/h3-6,9-11H,7-8H2,1-2H3;1H. The zero-order valence-electron chi connectivity index (χ0n) is 15.0.